The van der Waals surface area contributed by atoms with Crippen molar-refractivity contribution in [2.45, 2.75) is 18.9 Å². The molecule has 0 N–H and O–H groups in total. The average molecular weight is 365 g/mol. The minimum absolute atomic E-state index is 0.0959. The number of hydrogen-bond donors (Lipinski definition) is 0. The Morgan fingerprint density at radius 2 is 1.85 bits per heavy atom. The molecule has 2 aromatic carbocycles. The quantitative estimate of drug-likeness (QED) is 0.662. The van der Waals surface area contributed by atoms with Gasteiger partial charge in [0, 0.05) is 19.0 Å². The molecule has 4 nitrogen and oxygen atoms in total. The van der Waals surface area contributed by atoms with Crippen molar-refractivity contribution in [1.82, 2.24) is 4.90 Å². The lowest BCUT2D eigenvalue weighted by atomic mass is 9.99. The van der Waals surface area contributed by atoms with E-state index in [-0.39, 0.29) is 18.3 Å². The summed E-state index contributed by atoms with van der Waals surface area (Å²) in [6.45, 7) is 1.61. The van der Waals surface area contributed by atoms with Gasteiger partial charge in [-0.1, -0.05) is 30.3 Å². The maximum Gasteiger partial charge on any atom is 0.289 e. The molecule has 1 amide bonds. The van der Waals surface area contributed by atoms with Gasteiger partial charge in [-0.05, 0) is 48.4 Å². The van der Waals surface area contributed by atoms with Crippen LogP contribution in [0.15, 0.2) is 71.1 Å². The SMILES string of the molecule is O=C(c1ccc(COc2ccc(F)cc2)o1)N1CC[C@@H](c2ccccc2)C1. The fourth-order valence-corrected chi connectivity index (χ4v) is 3.35. The fraction of sp³-hybridized carbons (Fsp3) is 0.227. The van der Waals surface area contributed by atoms with Crippen LogP contribution < -0.4 is 4.74 Å². The normalized spacial score (nSPS) is 16.5. The molecule has 1 atom stereocenters. The zero-order chi connectivity index (χ0) is 18.6. The third-order valence-electron chi connectivity index (χ3n) is 4.81. The van der Waals surface area contributed by atoms with Crippen molar-refractivity contribution in [3.05, 3.63) is 89.6 Å². The van der Waals surface area contributed by atoms with Gasteiger partial charge in [-0.25, -0.2) is 4.39 Å². The standard InChI is InChI=1S/C22H20FNO3/c23-18-6-8-19(9-7-18)26-15-20-10-11-21(27-20)22(25)24-13-12-17(14-24)16-4-2-1-3-5-16/h1-11,17H,12-15H2/t17-/m1/s1. The number of benzene rings is 2. The van der Waals surface area contributed by atoms with E-state index in [4.69, 9.17) is 9.15 Å². The van der Waals surface area contributed by atoms with E-state index < -0.39 is 0 Å². The van der Waals surface area contributed by atoms with Crippen LogP contribution in [-0.4, -0.2) is 23.9 Å². The van der Waals surface area contributed by atoms with Crippen LogP contribution in [0.25, 0.3) is 0 Å². The van der Waals surface area contributed by atoms with Crippen LogP contribution in [0.3, 0.4) is 0 Å². The third-order valence-corrected chi connectivity index (χ3v) is 4.81. The molecule has 138 valence electrons. The Hall–Kier alpha value is -3.08. The first-order valence-corrected chi connectivity index (χ1v) is 9.00. The molecule has 5 heteroatoms. The zero-order valence-electron chi connectivity index (χ0n) is 14.8. The second-order valence-corrected chi connectivity index (χ2v) is 6.66. The summed E-state index contributed by atoms with van der Waals surface area (Å²) < 4.78 is 24.1. The molecule has 1 aliphatic heterocycles. The van der Waals surface area contributed by atoms with E-state index in [2.05, 4.69) is 12.1 Å². The molecule has 0 radical (unpaired) electrons. The number of likely N-dealkylation sites (tertiary alicyclic amines) is 1. The second kappa shape index (κ2) is 7.66. The largest absolute Gasteiger partial charge is 0.486 e. The summed E-state index contributed by atoms with van der Waals surface area (Å²) in [7, 11) is 0. The second-order valence-electron chi connectivity index (χ2n) is 6.66. The number of carbonyl (C=O) groups is 1. The predicted octanol–water partition coefficient (Wildman–Crippen LogP) is 4.63. The fourth-order valence-electron chi connectivity index (χ4n) is 3.35. The first-order valence-electron chi connectivity index (χ1n) is 9.00. The highest BCUT2D eigenvalue weighted by atomic mass is 19.1. The van der Waals surface area contributed by atoms with Gasteiger partial charge in [0.2, 0.25) is 0 Å². The maximum absolute atomic E-state index is 12.9. The smallest absolute Gasteiger partial charge is 0.289 e. The number of rotatable bonds is 5. The number of halogens is 1. The first kappa shape index (κ1) is 17.3. The van der Waals surface area contributed by atoms with E-state index in [9.17, 15) is 9.18 Å². The van der Waals surface area contributed by atoms with Gasteiger partial charge in [-0.15, -0.1) is 0 Å². The van der Waals surface area contributed by atoms with Crippen molar-refractivity contribution in [2.24, 2.45) is 0 Å². The van der Waals surface area contributed by atoms with Crippen molar-refractivity contribution < 1.29 is 18.3 Å². The van der Waals surface area contributed by atoms with Crippen molar-refractivity contribution in [2.75, 3.05) is 13.1 Å². The Balaban J connectivity index is 1.35. The minimum atomic E-state index is -0.312. The molecule has 1 aromatic heterocycles. The molecular weight excluding hydrogens is 345 g/mol. The van der Waals surface area contributed by atoms with Crippen molar-refractivity contribution >= 4 is 5.91 Å². The lowest BCUT2D eigenvalue weighted by Crippen LogP contribution is -2.28. The van der Waals surface area contributed by atoms with E-state index in [1.54, 1.807) is 24.3 Å². The number of carbonyl (C=O) groups excluding carboxylic acids is 1. The molecule has 1 aliphatic rings. The molecule has 1 saturated heterocycles. The monoisotopic (exact) mass is 365 g/mol. The highest BCUT2D eigenvalue weighted by molar-refractivity contribution is 5.91. The first-order chi connectivity index (χ1) is 13.2. The van der Waals surface area contributed by atoms with Crippen molar-refractivity contribution in [3.63, 3.8) is 0 Å². The van der Waals surface area contributed by atoms with Gasteiger partial charge in [0.15, 0.2) is 5.76 Å². The van der Waals surface area contributed by atoms with Gasteiger partial charge in [0.05, 0.1) is 0 Å². The van der Waals surface area contributed by atoms with E-state index in [0.29, 0.717) is 29.7 Å². The Kier molecular flexibility index (Phi) is 4.92. The van der Waals surface area contributed by atoms with Crippen LogP contribution in [0, 0.1) is 5.82 Å². The van der Waals surface area contributed by atoms with Crippen LogP contribution >= 0.6 is 0 Å². The minimum Gasteiger partial charge on any atom is -0.486 e. The number of ether oxygens (including phenoxy) is 1. The predicted molar refractivity (Wildman–Crippen MR) is 99.1 cm³/mol. The molecule has 0 aliphatic carbocycles. The Labute approximate surface area is 157 Å². The molecule has 27 heavy (non-hydrogen) atoms. The zero-order valence-corrected chi connectivity index (χ0v) is 14.8. The van der Waals surface area contributed by atoms with Crippen molar-refractivity contribution in [1.29, 1.82) is 0 Å². The molecular formula is C22H20FNO3. The molecule has 0 spiro atoms. The molecule has 3 aromatic rings. The Morgan fingerprint density at radius 3 is 2.63 bits per heavy atom. The summed E-state index contributed by atoms with van der Waals surface area (Å²) in [6, 6.07) is 19.5. The number of nitrogens with zero attached hydrogens (tertiary/aromatic N) is 1. The van der Waals surface area contributed by atoms with E-state index in [0.717, 1.165) is 13.0 Å². The Bertz CT molecular complexity index is 905. The van der Waals surface area contributed by atoms with E-state index >= 15 is 0 Å². The van der Waals surface area contributed by atoms with Gasteiger partial charge >= 0.3 is 0 Å². The van der Waals surface area contributed by atoms with Gasteiger partial charge < -0.3 is 14.1 Å². The summed E-state index contributed by atoms with van der Waals surface area (Å²) in [6.07, 6.45) is 0.955. The summed E-state index contributed by atoms with van der Waals surface area (Å²) in [5, 5.41) is 0. The highest BCUT2D eigenvalue weighted by Crippen LogP contribution is 2.28. The van der Waals surface area contributed by atoms with Crippen LogP contribution in [0.2, 0.25) is 0 Å². The highest BCUT2D eigenvalue weighted by Gasteiger charge is 2.29. The summed E-state index contributed by atoms with van der Waals surface area (Å²) in [4.78, 5) is 14.5. The van der Waals surface area contributed by atoms with Gasteiger partial charge in [0.1, 0.15) is 23.9 Å². The number of hydrogen-bond acceptors (Lipinski definition) is 3. The molecule has 0 unspecified atom stereocenters. The molecule has 4 rings (SSSR count). The van der Waals surface area contributed by atoms with Gasteiger partial charge in [-0.3, -0.25) is 4.79 Å². The van der Waals surface area contributed by atoms with E-state index in [1.807, 2.05) is 23.1 Å². The van der Waals surface area contributed by atoms with Crippen LogP contribution in [-0.2, 0) is 6.61 Å². The number of amides is 1. The van der Waals surface area contributed by atoms with Gasteiger partial charge in [0.25, 0.3) is 5.91 Å². The van der Waals surface area contributed by atoms with Crippen molar-refractivity contribution in [3.8, 4) is 5.75 Å². The topological polar surface area (TPSA) is 42.7 Å². The average Bonchev–Trinajstić information content (AvgIpc) is 3.38. The molecule has 1 fully saturated rings. The van der Waals surface area contributed by atoms with Gasteiger partial charge in [-0.2, -0.15) is 0 Å². The molecule has 0 bridgehead atoms. The lowest BCUT2D eigenvalue weighted by molar-refractivity contribution is 0.0755. The molecule has 0 saturated carbocycles. The van der Waals surface area contributed by atoms with Crippen LogP contribution in [0.5, 0.6) is 5.75 Å². The van der Waals surface area contributed by atoms with E-state index in [1.165, 1.54) is 17.7 Å². The third kappa shape index (κ3) is 4.03. The summed E-state index contributed by atoms with van der Waals surface area (Å²) in [5.74, 6) is 1.38. The van der Waals surface area contributed by atoms with Crippen LogP contribution in [0.1, 0.15) is 34.2 Å². The maximum atomic E-state index is 12.9. The lowest BCUT2D eigenvalue weighted by Gasteiger charge is -2.15. The summed E-state index contributed by atoms with van der Waals surface area (Å²) in [5.41, 5.74) is 1.26. The Morgan fingerprint density at radius 1 is 1.07 bits per heavy atom. The number of furan rings is 1. The summed E-state index contributed by atoms with van der Waals surface area (Å²) >= 11 is 0. The van der Waals surface area contributed by atoms with Crippen LogP contribution in [0.4, 0.5) is 4.39 Å². The molecule has 2 heterocycles.